The van der Waals surface area contributed by atoms with Crippen molar-refractivity contribution in [1.29, 1.82) is 0 Å². The summed E-state index contributed by atoms with van der Waals surface area (Å²) in [6.07, 6.45) is 1.38. The summed E-state index contributed by atoms with van der Waals surface area (Å²) < 4.78 is 38.9. The van der Waals surface area contributed by atoms with Crippen molar-refractivity contribution in [2.75, 3.05) is 4.72 Å². The number of benzene rings is 1. The van der Waals surface area contributed by atoms with E-state index in [0.717, 1.165) is 12.1 Å². The lowest BCUT2D eigenvalue weighted by Crippen LogP contribution is -2.12. The van der Waals surface area contributed by atoms with E-state index in [4.69, 9.17) is 11.6 Å². The third kappa shape index (κ3) is 2.96. The molecule has 7 heteroatoms. The van der Waals surface area contributed by atoms with Crippen LogP contribution in [0.2, 0.25) is 5.15 Å². The van der Waals surface area contributed by atoms with Crippen LogP contribution in [0.25, 0.3) is 0 Å². The number of anilines is 1. The fourth-order valence-electron chi connectivity index (χ4n) is 1.29. The predicted octanol–water partition coefficient (Wildman–Crippen LogP) is 2.67. The Labute approximate surface area is 108 Å². The normalized spacial score (nSPS) is 11.2. The van der Waals surface area contributed by atoms with Gasteiger partial charge in [0.2, 0.25) is 0 Å². The van der Waals surface area contributed by atoms with Gasteiger partial charge in [-0.2, -0.15) is 0 Å². The SMILES string of the molecule is O=S(=O)(Nc1ccnc(Cl)c1)c1ccc(F)cc1. The van der Waals surface area contributed by atoms with Crippen molar-refractivity contribution in [2.45, 2.75) is 4.90 Å². The fraction of sp³-hybridized carbons (Fsp3) is 0. The number of halogens is 2. The predicted molar refractivity (Wildman–Crippen MR) is 66.5 cm³/mol. The summed E-state index contributed by atoms with van der Waals surface area (Å²) >= 11 is 5.64. The van der Waals surface area contributed by atoms with E-state index in [1.807, 2.05) is 0 Å². The molecule has 0 spiro atoms. The van der Waals surface area contributed by atoms with E-state index in [9.17, 15) is 12.8 Å². The maximum Gasteiger partial charge on any atom is 0.261 e. The van der Waals surface area contributed by atoms with Crippen LogP contribution in [-0.4, -0.2) is 13.4 Å². The summed E-state index contributed by atoms with van der Waals surface area (Å²) in [6.45, 7) is 0. The van der Waals surface area contributed by atoms with E-state index in [1.54, 1.807) is 0 Å². The van der Waals surface area contributed by atoms with Gasteiger partial charge in [-0.15, -0.1) is 0 Å². The molecule has 0 radical (unpaired) electrons. The minimum atomic E-state index is -3.75. The largest absolute Gasteiger partial charge is 0.279 e. The van der Waals surface area contributed by atoms with Gasteiger partial charge in [0.05, 0.1) is 10.6 Å². The third-order valence-corrected chi connectivity index (χ3v) is 3.71. The Morgan fingerprint density at radius 2 is 1.83 bits per heavy atom. The summed E-state index contributed by atoms with van der Waals surface area (Å²) in [4.78, 5) is 3.70. The van der Waals surface area contributed by atoms with Crippen LogP contribution in [0, 0.1) is 5.82 Å². The molecule has 0 saturated heterocycles. The number of hydrogen-bond donors (Lipinski definition) is 1. The number of rotatable bonds is 3. The zero-order valence-electron chi connectivity index (χ0n) is 8.97. The molecule has 0 aliphatic rings. The summed E-state index contributed by atoms with van der Waals surface area (Å²) in [5, 5.41) is 0.175. The van der Waals surface area contributed by atoms with Crippen LogP contribution in [0.1, 0.15) is 0 Å². The lowest BCUT2D eigenvalue weighted by atomic mass is 10.4. The van der Waals surface area contributed by atoms with Crippen LogP contribution in [0.3, 0.4) is 0 Å². The Morgan fingerprint density at radius 1 is 1.17 bits per heavy atom. The Balaban J connectivity index is 2.30. The van der Waals surface area contributed by atoms with E-state index in [2.05, 4.69) is 9.71 Å². The maximum absolute atomic E-state index is 12.7. The molecule has 0 aliphatic carbocycles. The van der Waals surface area contributed by atoms with Gasteiger partial charge in [-0.25, -0.2) is 17.8 Å². The van der Waals surface area contributed by atoms with E-state index in [-0.39, 0.29) is 10.0 Å². The summed E-state index contributed by atoms with van der Waals surface area (Å²) in [5.74, 6) is -0.499. The topological polar surface area (TPSA) is 59.1 Å². The number of nitrogens with zero attached hydrogens (tertiary/aromatic N) is 1. The first-order chi connectivity index (χ1) is 8.47. The molecule has 2 rings (SSSR count). The molecule has 94 valence electrons. The Bertz CT molecular complexity index is 659. The molecule has 4 nitrogen and oxygen atoms in total. The van der Waals surface area contributed by atoms with Gasteiger partial charge in [-0.1, -0.05) is 11.6 Å². The summed E-state index contributed by atoms with van der Waals surface area (Å²) in [7, 11) is -3.75. The van der Waals surface area contributed by atoms with Crippen LogP contribution in [0.4, 0.5) is 10.1 Å². The van der Waals surface area contributed by atoms with E-state index < -0.39 is 15.8 Å². The quantitative estimate of drug-likeness (QED) is 0.883. The first kappa shape index (κ1) is 12.8. The van der Waals surface area contributed by atoms with Gasteiger partial charge in [0.25, 0.3) is 10.0 Å². The molecule has 0 bridgehead atoms. The van der Waals surface area contributed by atoms with Crippen LogP contribution in [0.15, 0.2) is 47.5 Å². The molecule has 18 heavy (non-hydrogen) atoms. The van der Waals surface area contributed by atoms with E-state index in [0.29, 0.717) is 5.69 Å². The molecule has 0 unspecified atom stereocenters. The molecular formula is C11H8ClFN2O2S. The Morgan fingerprint density at radius 3 is 2.44 bits per heavy atom. The van der Waals surface area contributed by atoms with Gasteiger partial charge < -0.3 is 0 Å². The van der Waals surface area contributed by atoms with Gasteiger partial charge in [0, 0.05) is 6.20 Å². The Hall–Kier alpha value is -1.66. The average Bonchev–Trinajstić information content (AvgIpc) is 2.29. The standard InChI is InChI=1S/C11H8ClFN2O2S/c12-11-7-9(5-6-14-11)15-18(16,17)10-3-1-8(13)2-4-10/h1-7H,(H,14,15). The van der Waals surface area contributed by atoms with Crippen LogP contribution < -0.4 is 4.72 Å². The van der Waals surface area contributed by atoms with Gasteiger partial charge >= 0.3 is 0 Å². The molecule has 1 N–H and O–H groups in total. The van der Waals surface area contributed by atoms with Crippen molar-refractivity contribution in [1.82, 2.24) is 4.98 Å². The molecule has 0 saturated carbocycles. The molecule has 1 aromatic carbocycles. The molecule has 0 atom stereocenters. The van der Waals surface area contributed by atoms with Gasteiger partial charge in [-0.3, -0.25) is 4.72 Å². The second-order valence-electron chi connectivity index (χ2n) is 3.43. The molecular weight excluding hydrogens is 279 g/mol. The second-order valence-corrected chi connectivity index (χ2v) is 5.50. The molecule has 0 aliphatic heterocycles. The van der Waals surface area contributed by atoms with Crippen molar-refractivity contribution >= 4 is 27.3 Å². The van der Waals surface area contributed by atoms with Crippen molar-refractivity contribution in [3.8, 4) is 0 Å². The highest BCUT2D eigenvalue weighted by molar-refractivity contribution is 7.92. The Kier molecular flexibility index (Phi) is 3.49. The highest BCUT2D eigenvalue weighted by Gasteiger charge is 2.14. The number of aromatic nitrogens is 1. The van der Waals surface area contributed by atoms with Gasteiger partial charge in [-0.05, 0) is 36.4 Å². The number of nitrogens with one attached hydrogen (secondary N) is 1. The zero-order chi connectivity index (χ0) is 13.2. The summed E-state index contributed by atoms with van der Waals surface area (Å²) in [5.41, 5.74) is 0.291. The first-order valence-corrected chi connectivity index (χ1v) is 6.73. The number of sulfonamides is 1. The molecule has 1 heterocycles. The smallest absolute Gasteiger partial charge is 0.261 e. The number of pyridine rings is 1. The van der Waals surface area contributed by atoms with Crippen LogP contribution in [0.5, 0.6) is 0 Å². The fourth-order valence-corrected chi connectivity index (χ4v) is 2.52. The lowest BCUT2D eigenvalue weighted by Gasteiger charge is -2.07. The highest BCUT2D eigenvalue weighted by atomic mass is 35.5. The second kappa shape index (κ2) is 4.91. The summed E-state index contributed by atoms with van der Waals surface area (Å²) in [6, 6.07) is 7.36. The molecule has 1 aromatic heterocycles. The minimum Gasteiger partial charge on any atom is -0.279 e. The zero-order valence-corrected chi connectivity index (χ0v) is 10.5. The van der Waals surface area contributed by atoms with Crippen molar-refractivity contribution in [3.05, 3.63) is 53.6 Å². The van der Waals surface area contributed by atoms with Crippen molar-refractivity contribution in [3.63, 3.8) is 0 Å². The van der Waals surface area contributed by atoms with Crippen LogP contribution >= 0.6 is 11.6 Å². The third-order valence-electron chi connectivity index (χ3n) is 2.10. The first-order valence-electron chi connectivity index (χ1n) is 4.87. The monoisotopic (exact) mass is 286 g/mol. The van der Waals surface area contributed by atoms with Crippen molar-refractivity contribution in [2.24, 2.45) is 0 Å². The van der Waals surface area contributed by atoms with E-state index in [1.165, 1.54) is 30.5 Å². The van der Waals surface area contributed by atoms with Gasteiger partial charge in [0.15, 0.2) is 0 Å². The minimum absolute atomic E-state index is 0.0307. The van der Waals surface area contributed by atoms with Crippen LogP contribution in [-0.2, 0) is 10.0 Å². The molecule has 2 aromatic rings. The molecule has 0 fully saturated rings. The van der Waals surface area contributed by atoms with Gasteiger partial charge in [0.1, 0.15) is 11.0 Å². The lowest BCUT2D eigenvalue weighted by molar-refractivity contribution is 0.599. The van der Waals surface area contributed by atoms with Crippen molar-refractivity contribution < 1.29 is 12.8 Å². The highest BCUT2D eigenvalue weighted by Crippen LogP contribution is 2.18. The average molecular weight is 287 g/mol. The number of hydrogen-bond acceptors (Lipinski definition) is 3. The molecule has 0 amide bonds. The maximum atomic E-state index is 12.7. The van der Waals surface area contributed by atoms with E-state index >= 15 is 0 Å².